The molecular formula is C12H14F3NO3. The number of alkyl halides is 3. The molecule has 0 atom stereocenters. The summed E-state index contributed by atoms with van der Waals surface area (Å²) in [6.45, 7) is 3.81. The van der Waals surface area contributed by atoms with E-state index in [1.807, 2.05) is 0 Å². The van der Waals surface area contributed by atoms with E-state index in [4.69, 9.17) is 5.11 Å². The Hall–Kier alpha value is -1.79. The zero-order chi connectivity index (χ0) is 14.8. The highest BCUT2D eigenvalue weighted by Gasteiger charge is 2.29. The standard InChI is InChI=1S/C12H14F3NO3/c1-11(2,3)8-4-7(10(17)18)5-9(16-8)19-6-12(13,14)15/h4-5H,6H2,1-3H3,(H,17,18). The smallest absolute Gasteiger partial charge is 0.422 e. The summed E-state index contributed by atoms with van der Waals surface area (Å²) in [5, 5.41) is 8.92. The van der Waals surface area contributed by atoms with Crippen molar-refractivity contribution in [2.45, 2.75) is 32.4 Å². The van der Waals surface area contributed by atoms with Gasteiger partial charge in [-0.05, 0) is 6.07 Å². The molecule has 106 valence electrons. The number of carboxylic acid groups (broad SMARTS) is 1. The molecule has 1 rings (SSSR count). The summed E-state index contributed by atoms with van der Waals surface area (Å²) in [6.07, 6.45) is -4.50. The Balaban J connectivity index is 3.11. The average Bonchev–Trinajstić information content (AvgIpc) is 2.23. The molecule has 0 saturated heterocycles. The van der Waals surface area contributed by atoms with Crippen LogP contribution >= 0.6 is 0 Å². The van der Waals surface area contributed by atoms with Gasteiger partial charge in [-0.2, -0.15) is 13.2 Å². The van der Waals surface area contributed by atoms with Gasteiger partial charge in [0.25, 0.3) is 0 Å². The molecule has 0 saturated carbocycles. The molecule has 1 heterocycles. The molecule has 0 spiro atoms. The summed E-state index contributed by atoms with van der Waals surface area (Å²) in [4.78, 5) is 14.8. The Morgan fingerprint density at radius 1 is 1.32 bits per heavy atom. The van der Waals surface area contributed by atoms with Crippen molar-refractivity contribution < 1.29 is 27.8 Å². The molecule has 0 aliphatic carbocycles. The number of carboxylic acids is 1. The summed E-state index contributed by atoms with van der Waals surface area (Å²) >= 11 is 0. The maximum Gasteiger partial charge on any atom is 0.422 e. The van der Waals surface area contributed by atoms with Gasteiger partial charge in [0.1, 0.15) is 0 Å². The lowest BCUT2D eigenvalue weighted by molar-refractivity contribution is -0.154. The molecule has 1 aromatic rings. The fourth-order valence-electron chi connectivity index (χ4n) is 1.24. The lowest BCUT2D eigenvalue weighted by atomic mass is 9.91. The summed E-state index contributed by atoms with van der Waals surface area (Å²) < 4.78 is 40.7. The summed E-state index contributed by atoms with van der Waals surface area (Å²) in [5.41, 5.74) is -0.302. The number of hydrogen-bond donors (Lipinski definition) is 1. The highest BCUT2D eigenvalue weighted by atomic mass is 19.4. The van der Waals surface area contributed by atoms with Crippen molar-refractivity contribution in [2.24, 2.45) is 0 Å². The highest BCUT2D eigenvalue weighted by molar-refractivity contribution is 5.88. The molecule has 0 aliphatic heterocycles. The Morgan fingerprint density at radius 3 is 2.32 bits per heavy atom. The molecule has 0 unspecified atom stereocenters. The molecule has 0 fully saturated rings. The number of aromatic carboxylic acids is 1. The van der Waals surface area contributed by atoms with E-state index in [2.05, 4.69) is 9.72 Å². The number of pyridine rings is 1. The molecule has 1 N–H and O–H groups in total. The monoisotopic (exact) mass is 277 g/mol. The molecule has 4 nitrogen and oxygen atoms in total. The first-order valence-electron chi connectivity index (χ1n) is 5.44. The van der Waals surface area contributed by atoms with Gasteiger partial charge in [0, 0.05) is 11.5 Å². The third kappa shape index (κ3) is 4.76. The van der Waals surface area contributed by atoms with Gasteiger partial charge in [0.15, 0.2) is 6.61 Å². The maximum atomic E-state index is 12.1. The molecular weight excluding hydrogens is 263 g/mol. The van der Waals surface area contributed by atoms with Crippen LogP contribution < -0.4 is 4.74 Å². The minimum atomic E-state index is -4.50. The second-order valence-electron chi connectivity index (χ2n) is 5.04. The largest absolute Gasteiger partial charge is 0.478 e. The zero-order valence-corrected chi connectivity index (χ0v) is 10.7. The molecule has 7 heteroatoms. The minimum absolute atomic E-state index is 0.155. The van der Waals surface area contributed by atoms with Crippen LogP contribution in [0.1, 0.15) is 36.8 Å². The number of carbonyl (C=O) groups is 1. The van der Waals surface area contributed by atoms with Crippen molar-refractivity contribution in [3.63, 3.8) is 0 Å². The summed E-state index contributed by atoms with van der Waals surface area (Å²) in [7, 11) is 0. The van der Waals surface area contributed by atoms with Gasteiger partial charge in [0.05, 0.1) is 11.3 Å². The van der Waals surface area contributed by atoms with Crippen molar-refractivity contribution in [2.75, 3.05) is 6.61 Å². The van der Waals surface area contributed by atoms with Gasteiger partial charge in [-0.3, -0.25) is 0 Å². The molecule has 19 heavy (non-hydrogen) atoms. The van der Waals surface area contributed by atoms with Crippen LogP contribution in [0.3, 0.4) is 0 Å². The van der Waals surface area contributed by atoms with Gasteiger partial charge in [-0.15, -0.1) is 0 Å². The van der Waals surface area contributed by atoms with E-state index in [1.54, 1.807) is 20.8 Å². The van der Waals surface area contributed by atoms with E-state index in [-0.39, 0.29) is 11.4 Å². The summed E-state index contributed by atoms with van der Waals surface area (Å²) in [5.74, 6) is -1.59. The van der Waals surface area contributed by atoms with Crippen LogP contribution in [0.5, 0.6) is 5.88 Å². The first kappa shape index (κ1) is 15.3. The number of nitrogens with zero attached hydrogens (tertiary/aromatic N) is 1. The van der Waals surface area contributed by atoms with Crippen LogP contribution in [-0.4, -0.2) is 28.8 Å². The molecule has 0 aliphatic rings. The van der Waals surface area contributed by atoms with E-state index < -0.39 is 24.2 Å². The molecule has 0 amide bonds. The lowest BCUT2D eigenvalue weighted by Gasteiger charge is -2.19. The molecule has 0 bridgehead atoms. The van der Waals surface area contributed by atoms with Gasteiger partial charge in [-0.1, -0.05) is 20.8 Å². The van der Waals surface area contributed by atoms with Crippen molar-refractivity contribution in [1.29, 1.82) is 0 Å². The van der Waals surface area contributed by atoms with Gasteiger partial charge in [0.2, 0.25) is 5.88 Å². The molecule has 1 aromatic heterocycles. The fraction of sp³-hybridized carbons (Fsp3) is 0.500. The van der Waals surface area contributed by atoms with E-state index in [9.17, 15) is 18.0 Å². The van der Waals surface area contributed by atoms with E-state index >= 15 is 0 Å². The third-order valence-electron chi connectivity index (χ3n) is 2.20. The van der Waals surface area contributed by atoms with Crippen molar-refractivity contribution in [3.8, 4) is 5.88 Å². The Kier molecular flexibility index (Phi) is 4.07. The third-order valence-corrected chi connectivity index (χ3v) is 2.20. The van der Waals surface area contributed by atoms with Crippen LogP contribution in [0.25, 0.3) is 0 Å². The van der Waals surface area contributed by atoms with E-state index in [0.29, 0.717) is 5.69 Å². The van der Waals surface area contributed by atoms with Crippen LogP contribution in [-0.2, 0) is 5.41 Å². The zero-order valence-electron chi connectivity index (χ0n) is 10.7. The quantitative estimate of drug-likeness (QED) is 0.922. The van der Waals surface area contributed by atoms with Crippen molar-refractivity contribution in [1.82, 2.24) is 4.98 Å². The minimum Gasteiger partial charge on any atom is -0.478 e. The fourth-order valence-corrected chi connectivity index (χ4v) is 1.24. The van der Waals surface area contributed by atoms with Crippen LogP contribution in [0.15, 0.2) is 12.1 Å². The summed E-state index contributed by atoms with van der Waals surface area (Å²) in [6, 6.07) is 2.30. The molecule has 0 radical (unpaired) electrons. The van der Waals surface area contributed by atoms with Crippen LogP contribution in [0.2, 0.25) is 0 Å². The number of ether oxygens (including phenoxy) is 1. The van der Waals surface area contributed by atoms with Crippen molar-refractivity contribution >= 4 is 5.97 Å². The topological polar surface area (TPSA) is 59.4 Å². The average molecular weight is 277 g/mol. The van der Waals surface area contributed by atoms with Gasteiger partial charge < -0.3 is 9.84 Å². The first-order valence-corrected chi connectivity index (χ1v) is 5.44. The SMILES string of the molecule is CC(C)(C)c1cc(C(=O)O)cc(OCC(F)(F)F)n1. The maximum absolute atomic E-state index is 12.1. The Labute approximate surface area is 108 Å². The van der Waals surface area contributed by atoms with Crippen LogP contribution in [0.4, 0.5) is 13.2 Å². The second kappa shape index (κ2) is 5.07. The second-order valence-corrected chi connectivity index (χ2v) is 5.04. The molecule has 0 aromatic carbocycles. The highest BCUT2D eigenvalue weighted by Crippen LogP contribution is 2.25. The predicted octanol–water partition coefficient (Wildman–Crippen LogP) is 3.02. The van der Waals surface area contributed by atoms with Gasteiger partial charge >= 0.3 is 12.1 Å². The normalized spacial score (nSPS) is 12.3. The number of hydrogen-bond acceptors (Lipinski definition) is 3. The lowest BCUT2D eigenvalue weighted by Crippen LogP contribution is -2.21. The number of aromatic nitrogens is 1. The Bertz CT molecular complexity index is 478. The first-order chi connectivity index (χ1) is 8.49. The van der Waals surface area contributed by atoms with E-state index in [1.165, 1.54) is 6.07 Å². The van der Waals surface area contributed by atoms with E-state index in [0.717, 1.165) is 6.07 Å². The van der Waals surface area contributed by atoms with Crippen molar-refractivity contribution in [3.05, 3.63) is 23.4 Å². The predicted molar refractivity (Wildman–Crippen MR) is 61.4 cm³/mol. The Morgan fingerprint density at radius 2 is 1.89 bits per heavy atom. The number of rotatable bonds is 3. The number of halogens is 3. The van der Waals surface area contributed by atoms with Crippen LogP contribution in [0, 0.1) is 0 Å². The van der Waals surface area contributed by atoms with Gasteiger partial charge in [-0.25, -0.2) is 9.78 Å².